The van der Waals surface area contributed by atoms with Crippen molar-refractivity contribution in [3.05, 3.63) is 23.6 Å². The smallest absolute Gasteiger partial charge is 0.226 e. The number of carbonyl (C=O) groups excluding carboxylic acids is 1. The zero-order valence-electron chi connectivity index (χ0n) is 9.42. The molecule has 3 heteroatoms. The predicted octanol–water partition coefficient (Wildman–Crippen LogP) is 2.82. The maximum absolute atomic E-state index is 12.4. The van der Waals surface area contributed by atoms with Gasteiger partial charge in [0.1, 0.15) is 0 Å². The quantitative estimate of drug-likeness (QED) is 0.657. The van der Waals surface area contributed by atoms with Crippen LogP contribution in [0.5, 0.6) is 0 Å². The van der Waals surface area contributed by atoms with Crippen molar-refractivity contribution in [1.29, 1.82) is 0 Å². The van der Waals surface area contributed by atoms with Gasteiger partial charge in [-0.2, -0.15) is 0 Å². The zero-order valence-corrected chi connectivity index (χ0v) is 9.42. The molecule has 1 aliphatic rings. The Kier molecular flexibility index (Phi) is 4.53. The summed E-state index contributed by atoms with van der Waals surface area (Å²) in [5.74, 6) is -0.0749. The lowest BCUT2D eigenvalue weighted by molar-refractivity contribution is -0.129. The Morgan fingerprint density at radius 2 is 1.87 bits per heavy atom. The van der Waals surface area contributed by atoms with Crippen molar-refractivity contribution in [3.8, 4) is 0 Å². The molecule has 0 spiro atoms. The third-order valence-corrected chi connectivity index (χ3v) is 2.49. The van der Waals surface area contributed by atoms with Crippen LogP contribution in [0.25, 0.3) is 0 Å². The van der Waals surface area contributed by atoms with Crippen molar-refractivity contribution in [3.63, 3.8) is 0 Å². The Balaban J connectivity index is 2.43. The first kappa shape index (κ1) is 12.0. The molecule has 0 atom stereocenters. The third kappa shape index (κ3) is 4.28. The number of carbonyl (C=O) groups is 1. The fourth-order valence-electron chi connectivity index (χ4n) is 1.63. The van der Waals surface area contributed by atoms with Crippen molar-refractivity contribution in [1.82, 2.24) is 4.90 Å². The van der Waals surface area contributed by atoms with Gasteiger partial charge in [-0.1, -0.05) is 11.6 Å². The van der Waals surface area contributed by atoms with Crippen molar-refractivity contribution >= 4 is 5.91 Å². The average molecular weight is 211 g/mol. The standard InChI is InChI=1S/C12H18FNO/c1-10(5-6-11(2)13)9-12(15)14-7-3-4-8-14/h5-6H,3-4,7-9H2,1-2H3/b10-5+,11-6+. The third-order valence-electron chi connectivity index (χ3n) is 2.49. The first-order chi connectivity index (χ1) is 7.09. The molecule has 0 unspecified atom stereocenters. The van der Waals surface area contributed by atoms with E-state index in [4.69, 9.17) is 0 Å². The van der Waals surface area contributed by atoms with Gasteiger partial charge in [-0.05, 0) is 32.8 Å². The van der Waals surface area contributed by atoms with Crippen LogP contribution in [0.4, 0.5) is 4.39 Å². The van der Waals surface area contributed by atoms with Gasteiger partial charge >= 0.3 is 0 Å². The van der Waals surface area contributed by atoms with Gasteiger partial charge in [0.2, 0.25) is 5.91 Å². The highest BCUT2D eigenvalue weighted by Crippen LogP contribution is 2.12. The molecule has 84 valence electrons. The summed E-state index contributed by atoms with van der Waals surface area (Å²) in [7, 11) is 0. The summed E-state index contributed by atoms with van der Waals surface area (Å²) in [6, 6.07) is 0. The fraction of sp³-hybridized carbons (Fsp3) is 0.583. The monoisotopic (exact) mass is 211 g/mol. The summed E-state index contributed by atoms with van der Waals surface area (Å²) in [5, 5.41) is 0. The van der Waals surface area contributed by atoms with Crippen LogP contribution in [0.15, 0.2) is 23.6 Å². The predicted molar refractivity (Wildman–Crippen MR) is 59.1 cm³/mol. The molecule has 2 nitrogen and oxygen atoms in total. The summed E-state index contributed by atoms with van der Waals surface area (Å²) in [6.45, 7) is 5.01. The molecule has 0 bridgehead atoms. The summed E-state index contributed by atoms with van der Waals surface area (Å²) < 4.78 is 12.4. The van der Waals surface area contributed by atoms with Crippen LogP contribution < -0.4 is 0 Å². The number of hydrogen-bond donors (Lipinski definition) is 0. The van der Waals surface area contributed by atoms with Gasteiger partial charge < -0.3 is 4.90 Å². The molecule has 0 aromatic rings. The van der Waals surface area contributed by atoms with Crippen LogP contribution in [-0.4, -0.2) is 23.9 Å². The summed E-state index contributed by atoms with van der Waals surface area (Å²) in [4.78, 5) is 13.5. The van der Waals surface area contributed by atoms with Crippen molar-refractivity contribution < 1.29 is 9.18 Å². The molecule has 0 aromatic heterocycles. The molecular formula is C12H18FNO. The number of amides is 1. The number of halogens is 1. The normalized spacial score (nSPS) is 18.5. The maximum atomic E-state index is 12.4. The molecular weight excluding hydrogens is 193 g/mol. The van der Waals surface area contributed by atoms with Gasteiger partial charge in [0.15, 0.2) is 0 Å². The van der Waals surface area contributed by atoms with E-state index in [2.05, 4.69) is 0 Å². The lowest BCUT2D eigenvalue weighted by Gasteiger charge is -2.14. The Bertz CT molecular complexity index is 284. The number of likely N-dealkylation sites (tertiary alicyclic amines) is 1. The van der Waals surface area contributed by atoms with E-state index < -0.39 is 0 Å². The van der Waals surface area contributed by atoms with E-state index >= 15 is 0 Å². The molecule has 1 aliphatic heterocycles. The van der Waals surface area contributed by atoms with E-state index in [1.807, 2.05) is 11.8 Å². The number of hydrogen-bond acceptors (Lipinski definition) is 1. The van der Waals surface area contributed by atoms with E-state index in [0.29, 0.717) is 6.42 Å². The lowest BCUT2D eigenvalue weighted by atomic mass is 10.2. The summed E-state index contributed by atoms with van der Waals surface area (Å²) in [6.07, 6.45) is 5.69. The highest BCUT2D eigenvalue weighted by atomic mass is 19.1. The molecule has 0 N–H and O–H groups in total. The molecule has 1 heterocycles. The summed E-state index contributed by atoms with van der Waals surface area (Å²) >= 11 is 0. The van der Waals surface area contributed by atoms with Crippen LogP contribution in [0, 0.1) is 0 Å². The van der Waals surface area contributed by atoms with E-state index in [1.165, 1.54) is 13.0 Å². The Labute approximate surface area is 90.5 Å². The number of allylic oxidation sites excluding steroid dienone is 3. The van der Waals surface area contributed by atoms with Crippen LogP contribution in [0.2, 0.25) is 0 Å². The van der Waals surface area contributed by atoms with Crippen molar-refractivity contribution in [2.75, 3.05) is 13.1 Å². The van der Waals surface area contributed by atoms with Gasteiger partial charge in [0, 0.05) is 19.5 Å². The maximum Gasteiger partial charge on any atom is 0.226 e. The van der Waals surface area contributed by atoms with Gasteiger partial charge in [-0.3, -0.25) is 4.79 Å². The largest absolute Gasteiger partial charge is 0.342 e. The lowest BCUT2D eigenvalue weighted by Crippen LogP contribution is -2.27. The molecule has 0 aliphatic carbocycles. The highest BCUT2D eigenvalue weighted by Gasteiger charge is 2.17. The Hall–Kier alpha value is -1.12. The molecule has 1 fully saturated rings. The topological polar surface area (TPSA) is 20.3 Å². The molecule has 1 saturated heterocycles. The highest BCUT2D eigenvalue weighted by molar-refractivity contribution is 5.78. The fourth-order valence-corrected chi connectivity index (χ4v) is 1.63. The number of nitrogens with zero attached hydrogens (tertiary/aromatic N) is 1. The van der Waals surface area contributed by atoms with E-state index in [9.17, 15) is 9.18 Å². The SMILES string of the molecule is C/C(F)=C\C=C(/C)CC(=O)N1CCCC1. The van der Waals surface area contributed by atoms with Crippen LogP contribution in [0.3, 0.4) is 0 Å². The average Bonchev–Trinajstić information content (AvgIpc) is 2.67. The molecule has 1 rings (SSSR count). The second kappa shape index (κ2) is 5.69. The van der Waals surface area contributed by atoms with Crippen molar-refractivity contribution in [2.24, 2.45) is 0 Å². The molecule has 15 heavy (non-hydrogen) atoms. The van der Waals surface area contributed by atoms with E-state index in [0.717, 1.165) is 31.5 Å². The van der Waals surface area contributed by atoms with E-state index in [1.54, 1.807) is 6.08 Å². The van der Waals surface area contributed by atoms with Gasteiger partial charge in [-0.25, -0.2) is 4.39 Å². The van der Waals surface area contributed by atoms with Gasteiger partial charge in [-0.15, -0.1) is 0 Å². The van der Waals surface area contributed by atoms with Crippen LogP contribution in [-0.2, 0) is 4.79 Å². The molecule has 1 amide bonds. The molecule has 0 aromatic carbocycles. The van der Waals surface area contributed by atoms with Gasteiger partial charge in [0.05, 0.1) is 5.83 Å². The van der Waals surface area contributed by atoms with Crippen molar-refractivity contribution in [2.45, 2.75) is 33.1 Å². The minimum Gasteiger partial charge on any atom is -0.342 e. The second-order valence-corrected chi connectivity index (χ2v) is 4.03. The second-order valence-electron chi connectivity index (χ2n) is 4.03. The minimum absolute atomic E-state index is 0.158. The number of rotatable bonds is 3. The van der Waals surface area contributed by atoms with Crippen LogP contribution in [0.1, 0.15) is 33.1 Å². The Morgan fingerprint density at radius 1 is 1.27 bits per heavy atom. The zero-order chi connectivity index (χ0) is 11.3. The molecule has 0 saturated carbocycles. The van der Waals surface area contributed by atoms with E-state index in [-0.39, 0.29) is 11.7 Å². The van der Waals surface area contributed by atoms with Crippen LogP contribution >= 0.6 is 0 Å². The molecule has 0 radical (unpaired) electrons. The first-order valence-electron chi connectivity index (χ1n) is 5.37. The minimum atomic E-state index is -0.233. The van der Waals surface area contributed by atoms with Gasteiger partial charge in [0.25, 0.3) is 0 Å². The summed E-state index contributed by atoms with van der Waals surface area (Å²) in [5.41, 5.74) is 0.906. The first-order valence-corrected chi connectivity index (χ1v) is 5.37. The Morgan fingerprint density at radius 3 is 2.40 bits per heavy atom.